The number of aliphatic hydroxyl groups excluding tert-OH is 2. The molecule has 0 saturated heterocycles. The van der Waals surface area contributed by atoms with Crippen LogP contribution in [0.5, 0.6) is 0 Å². The molecule has 0 rings (SSSR count). The summed E-state index contributed by atoms with van der Waals surface area (Å²) in [6, 6.07) is -0.625. The minimum absolute atomic E-state index is 0.00833. The van der Waals surface area contributed by atoms with E-state index < -0.39 is 12.1 Å². The Kier molecular flexibility index (Phi) is 76.8. The maximum absolute atomic E-state index is 12.6. The van der Waals surface area contributed by atoms with E-state index in [0.717, 1.165) is 51.4 Å². The van der Waals surface area contributed by atoms with Crippen molar-refractivity contribution in [3.05, 3.63) is 36.5 Å². The molecular weight excluding hydrogens is 1090 g/mol. The molecule has 0 bridgehead atoms. The number of unbranched alkanes of at least 4 members (excludes halogenated alkanes) is 62. The van der Waals surface area contributed by atoms with Crippen LogP contribution in [0.15, 0.2) is 36.5 Å². The smallest absolute Gasteiger partial charge is 0.305 e. The fourth-order valence-corrected chi connectivity index (χ4v) is 13.0. The Labute approximate surface area is 557 Å². The second-order valence-corrected chi connectivity index (χ2v) is 28.1. The van der Waals surface area contributed by atoms with E-state index in [-0.39, 0.29) is 18.5 Å². The molecule has 6 heteroatoms. The van der Waals surface area contributed by atoms with Gasteiger partial charge in [0.05, 0.1) is 25.4 Å². The molecule has 6 nitrogen and oxygen atoms in total. The Bertz CT molecular complexity index is 1440. The van der Waals surface area contributed by atoms with E-state index in [1.807, 2.05) is 6.08 Å². The van der Waals surface area contributed by atoms with Crippen LogP contribution >= 0.6 is 0 Å². The van der Waals surface area contributed by atoms with Gasteiger partial charge in [-0.25, -0.2) is 0 Å². The summed E-state index contributed by atoms with van der Waals surface area (Å²) in [5.41, 5.74) is 0. The highest BCUT2D eigenvalue weighted by Crippen LogP contribution is 2.20. The molecule has 0 aliphatic heterocycles. The van der Waals surface area contributed by atoms with Crippen LogP contribution in [0.4, 0.5) is 0 Å². The Morgan fingerprint density at radius 2 is 0.584 bits per heavy atom. The molecule has 2 atom stereocenters. The summed E-state index contributed by atoms with van der Waals surface area (Å²) in [7, 11) is 0. The SMILES string of the molecule is CCC/C=C\C/C=C\CCCCCCCC(=O)OCCCCCCCCCCCCCCCCCCCCCCCCCCCCCCCCCCCCCCCC(=O)NC(CO)C(O)/C=C/CCCCCCCCCCCCCCCCCCCCCC. The Morgan fingerprint density at radius 1 is 0.315 bits per heavy atom. The lowest BCUT2D eigenvalue weighted by Gasteiger charge is -2.20. The Hall–Kier alpha value is -1.92. The summed E-state index contributed by atoms with van der Waals surface area (Å²) < 4.78 is 5.48. The molecule has 1 amide bonds. The molecule has 0 radical (unpaired) electrons. The monoisotopic (exact) mass is 1250 g/mol. The lowest BCUT2D eigenvalue weighted by Crippen LogP contribution is -2.45. The van der Waals surface area contributed by atoms with Crippen molar-refractivity contribution in [1.29, 1.82) is 0 Å². The van der Waals surface area contributed by atoms with Crippen LogP contribution in [0.1, 0.15) is 457 Å². The molecule has 526 valence electrons. The van der Waals surface area contributed by atoms with Crippen LogP contribution in [-0.2, 0) is 14.3 Å². The molecular formula is C83H159NO5. The molecule has 0 spiro atoms. The van der Waals surface area contributed by atoms with Crippen LogP contribution in [0, 0.1) is 0 Å². The zero-order valence-electron chi connectivity index (χ0n) is 60.4. The molecule has 0 aliphatic rings. The summed E-state index contributed by atoms with van der Waals surface area (Å²) in [6.07, 6.45) is 103. The molecule has 0 saturated carbocycles. The van der Waals surface area contributed by atoms with Gasteiger partial charge in [0.25, 0.3) is 0 Å². The van der Waals surface area contributed by atoms with Gasteiger partial charge in [0, 0.05) is 12.8 Å². The highest BCUT2D eigenvalue weighted by Gasteiger charge is 2.18. The number of esters is 1. The van der Waals surface area contributed by atoms with E-state index in [2.05, 4.69) is 43.5 Å². The van der Waals surface area contributed by atoms with Gasteiger partial charge in [-0.05, 0) is 57.8 Å². The first-order chi connectivity index (χ1) is 44.0. The van der Waals surface area contributed by atoms with Crippen LogP contribution in [0.25, 0.3) is 0 Å². The van der Waals surface area contributed by atoms with E-state index in [1.165, 1.54) is 379 Å². The molecule has 89 heavy (non-hydrogen) atoms. The molecule has 2 unspecified atom stereocenters. The lowest BCUT2D eigenvalue weighted by atomic mass is 10.0. The minimum Gasteiger partial charge on any atom is -0.466 e. The van der Waals surface area contributed by atoms with Gasteiger partial charge in [-0.3, -0.25) is 9.59 Å². The first-order valence-corrected chi connectivity index (χ1v) is 40.8. The van der Waals surface area contributed by atoms with Crippen molar-refractivity contribution in [2.24, 2.45) is 0 Å². The summed E-state index contributed by atoms with van der Waals surface area (Å²) in [5.74, 6) is -0.0490. The zero-order chi connectivity index (χ0) is 64.2. The van der Waals surface area contributed by atoms with Gasteiger partial charge in [-0.1, -0.05) is 423 Å². The van der Waals surface area contributed by atoms with Gasteiger partial charge in [0.15, 0.2) is 0 Å². The summed E-state index contributed by atoms with van der Waals surface area (Å²) >= 11 is 0. The fraction of sp³-hybridized carbons (Fsp3) is 0.904. The third-order valence-electron chi connectivity index (χ3n) is 19.1. The average molecular weight is 1250 g/mol. The first-order valence-electron chi connectivity index (χ1n) is 40.8. The number of carbonyl (C=O) groups excluding carboxylic acids is 2. The predicted octanol–water partition coefficient (Wildman–Crippen LogP) is 27.0. The van der Waals surface area contributed by atoms with E-state index in [0.29, 0.717) is 19.4 Å². The molecule has 0 aliphatic carbocycles. The third kappa shape index (κ3) is 75.0. The standard InChI is InChI=1S/C83H159NO5/c1-3-5-7-9-11-13-15-17-18-19-20-21-39-42-45-48-52-55-59-63-67-71-75-81(86)80(79-85)84-82(87)76-72-68-64-60-56-53-49-46-43-40-37-35-33-31-29-27-25-23-22-24-26-28-30-32-34-36-38-41-44-47-50-54-58-62-66-70-74-78-89-83(88)77-73-69-65-61-57-51-16-14-12-10-8-6-4-2/h8,10,14,16,71,75,80-81,85-86H,3-7,9,11-13,15,17-70,72-74,76-79H2,1-2H3,(H,84,87)/b10-8-,16-14-,75-71+. The minimum atomic E-state index is -0.842. The predicted molar refractivity (Wildman–Crippen MR) is 393 cm³/mol. The van der Waals surface area contributed by atoms with Crippen LogP contribution < -0.4 is 5.32 Å². The van der Waals surface area contributed by atoms with Crippen molar-refractivity contribution in [2.75, 3.05) is 13.2 Å². The molecule has 0 heterocycles. The van der Waals surface area contributed by atoms with Gasteiger partial charge < -0.3 is 20.3 Å². The molecule has 0 aromatic carbocycles. The third-order valence-corrected chi connectivity index (χ3v) is 19.1. The highest BCUT2D eigenvalue weighted by molar-refractivity contribution is 5.76. The number of nitrogens with one attached hydrogen (secondary N) is 1. The number of carbonyl (C=O) groups is 2. The maximum atomic E-state index is 12.6. The number of hydrogen-bond acceptors (Lipinski definition) is 5. The molecule has 0 fully saturated rings. The largest absolute Gasteiger partial charge is 0.466 e. The summed E-state index contributed by atoms with van der Waals surface area (Å²) in [4.78, 5) is 24.6. The Morgan fingerprint density at radius 3 is 0.899 bits per heavy atom. The van der Waals surface area contributed by atoms with E-state index in [9.17, 15) is 19.8 Å². The van der Waals surface area contributed by atoms with Gasteiger partial charge in [0.2, 0.25) is 5.91 Å². The number of allylic oxidation sites excluding steroid dienone is 5. The lowest BCUT2D eigenvalue weighted by molar-refractivity contribution is -0.143. The van der Waals surface area contributed by atoms with E-state index in [1.54, 1.807) is 6.08 Å². The number of hydrogen-bond donors (Lipinski definition) is 3. The second-order valence-electron chi connectivity index (χ2n) is 28.1. The number of aliphatic hydroxyl groups is 2. The van der Waals surface area contributed by atoms with Gasteiger partial charge >= 0.3 is 5.97 Å². The second kappa shape index (κ2) is 78.5. The van der Waals surface area contributed by atoms with Crippen LogP contribution in [0.2, 0.25) is 0 Å². The molecule has 0 aromatic heterocycles. The van der Waals surface area contributed by atoms with Gasteiger partial charge in [0.1, 0.15) is 0 Å². The maximum Gasteiger partial charge on any atom is 0.305 e. The van der Waals surface area contributed by atoms with Crippen molar-refractivity contribution >= 4 is 11.9 Å². The molecule has 0 aromatic rings. The van der Waals surface area contributed by atoms with Crippen LogP contribution in [0.3, 0.4) is 0 Å². The van der Waals surface area contributed by atoms with Crippen molar-refractivity contribution in [1.82, 2.24) is 5.32 Å². The average Bonchev–Trinajstić information content (AvgIpc) is 3.55. The summed E-state index contributed by atoms with van der Waals surface area (Å²) in [5, 5.41) is 23.3. The normalized spacial score (nSPS) is 12.6. The number of ether oxygens (including phenoxy) is 1. The topological polar surface area (TPSA) is 95.9 Å². The zero-order valence-corrected chi connectivity index (χ0v) is 60.4. The quantitative estimate of drug-likeness (QED) is 0.0320. The van der Waals surface area contributed by atoms with Gasteiger partial charge in [-0.15, -0.1) is 0 Å². The highest BCUT2D eigenvalue weighted by atomic mass is 16.5. The van der Waals surface area contributed by atoms with Crippen molar-refractivity contribution in [2.45, 2.75) is 469 Å². The van der Waals surface area contributed by atoms with Crippen molar-refractivity contribution in [3.63, 3.8) is 0 Å². The Balaban J connectivity index is 3.33. The number of amides is 1. The van der Waals surface area contributed by atoms with E-state index in [4.69, 9.17) is 4.74 Å². The van der Waals surface area contributed by atoms with Crippen molar-refractivity contribution < 1.29 is 24.5 Å². The summed E-state index contributed by atoms with van der Waals surface area (Å²) in [6.45, 7) is 4.88. The molecule has 3 N–H and O–H groups in total. The van der Waals surface area contributed by atoms with E-state index >= 15 is 0 Å². The van der Waals surface area contributed by atoms with Crippen molar-refractivity contribution in [3.8, 4) is 0 Å². The first kappa shape index (κ1) is 87.1. The van der Waals surface area contributed by atoms with Crippen LogP contribution in [-0.4, -0.2) is 47.4 Å². The van der Waals surface area contributed by atoms with Gasteiger partial charge in [-0.2, -0.15) is 0 Å². The number of rotatable bonds is 77. The fourth-order valence-electron chi connectivity index (χ4n) is 13.0.